The lowest BCUT2D eigenvalue weighted by atomic mass is 9.78. The maximum Gasteiger partial charge on any atom is 0.341 e. The number of carbonyl (C=O) groups is 6. The fourth-order valence-electron chi connectivity index (χ4n) is 12.2. The van der Waals surface area contributed by atoms with E-state index < -0.39 is 128 Å². The number of halogens is 1. The van der Waals surface area contributed by atoms with Gasteiger partial charge in [0, 0.05) is 106 Å². The molecule has 84 heavy (non-hydrogen) atoms. The van der Waals surface area contributed by atoms with Crippen LogP contribution in [-0.2, 0) is 28.6 Å². The fraction of sp³-hybridized carbons (Fsp3) is 0.517. The van der Waals surface area contributed by atoms with Crippen molar-refractivity contribution in [1.82, 2.24) is 25.1 Å². The number of likely N-dealkylation sites (tertiary alicyclic amines) is 1. The normalized spacial score (nSPS) is 30.0. The molecule has 0 spiro atoms. The molecule has 2 aromatic heterocycles. The highest BCUT2D eigenvalue weighted by atomic mass is 19.1. The third-order valence-electron chi connectivity index (χ3n) is 17.3. The molecule has 5 aliphatic heterocycles. The second-order valence-electron chi connectivity index (χ2n) is 23.0. The van der Waals surface area contributed by atoms with Crippen LogP contribution in [-0.4, -0.2) is 159 Å². The Morgan fingerprint density at radius 2 is 1.64 bits per heavy atom. The lowest BCUT2D eigenvalue weighted by Crippen LogP contribution is -2.48. The third kappa shape index (κ3) is 11.3. The number of ketones is 3. The van der Waals surface area contributed by atoms with Crippen LogP contribution in [0.25, 0.3) is 11.0 Å². The standard InChI is InChI=1S/C60H72FN7O16/c1-27-12-11-13-28(2)58(77)63-45-46(66-19-16-35(17-20-66)62-23-34-24-67(26-40(34)65-81-10)57-39(61)22-37-50(73)38(59(78)79)25-68(36-14-15-36)56(37)64-57)52(75)42-43(51(45)74)49(72)32(6)54-44(42)55(76)60(8,84-54)82-21-18-41(80-9)29(3)53(83-33(7)69)31(5)48(71)30(4)47(27)70/h11-13,18,21-22,25,27,29-31,34-36,41,47-48,53,62,70-72H,14-17,19-20,23-24,26H2,1-10H3,(H,63,77)(H,78,79)/b12-11+,21-18+,28-13-,65-40-/t27-,29+,30+,31+,34?,41-,47-,48+,53+,60-/m0/s1. The number of methoxy groups -OCH3 is 1. The van der Waals surface area contributed by atoms with Gasteiger partial charge in [0.25, 0.3) is 11.7 Å². The van der Waals surface area contributed by atoms with Crippen molar-refractivity contribution in [3.05, 3.63) is 104 Å². The van der Waals surface area contributed by atoms with Crippen molar-refractivity contribution in [2.24, 2.45) is 34.7 Å². The first kappa shape index (κ1) is 60.8. The first-order valence-corrected chi connectivity index (χ1v) is 28.2. The number of hydrogen-bond donors (Lipinski definition) is 6. The molecule has 10 rings (SSSR count). The van der Waals surface area contributed by atoms with Crippen molar-refractivity contribution in [2.75, 3.05) is 51.8 Å². The van der Waals surface area contributed by atoms with Crippen LogP contribution in [0, 0.1) is 42.3 Å². The predicted octanol–water partition coefficient (Wildman–Crippen LogP) is 5.03. The SMILES string of the molecule is CO/N=C1/CN(c2nc3c(cc2F)c(=O)c(C(=O)O)cn3C2CC2)CC1CNC1CCN(C2=C3NC(=O)/C(C)=C\C=C\[C@H](C)[C@H](O)[C@@H](C)[C@@H](O)[C@@H](C)[C@H](OC(C)=O)[C@H](C)[C@@H](OC)/C=C/O[C@@]4(C)Oc5c(C)c(O)c(c(c5C4=O)C2=O)C3=O)CC1. The quantitative estimate of drug-likeness (QED) is 0.114. The number of amides is 1. The topological polar surface area (TPSA) is 307 Å². The van der Waals surface area contributed by atoms with Gasteiger partial charge >= 0.3 is 17.7 Å². The molecule has 3 aromatic rings. The van der Waals surface area contributed by atoms with Crippen molar-refractivity contribution in [3.63, 3.8) is 0 Å². The zero-order valence-electron chi connectivity index (χ0n) is 48.6. The van der Waals surface area contributed by atoms with Crippen molar-refractivity contribution in [1.29, 1.82) is 0 Å². The summed E-state index contributed by atoms with van der Waals surface area (Å²) in [5.41, 5.74) is -2.41. The lowest BCUT2D eigenvalue weighted by Gasteiger charge is -2.38. The minimum atomic E-state index is -2.17. The number of phenolic OH excluding ortho intramolecular Hbond substituents is 1. The number of aromatic hydroxyl groups is 1. The second kappa shape index (κ2) is 24.1. The number of oxime groups is 1. The number of pyridine rings is 2. The molecule has 1 aromatic carbocycles. The number of aromatic carboxylic acids is 1. The van der Waals surface area contributed by atoms with E-state index in [2.05, 4.69) is 20.8 Å². The first-order chi connectivity index (χ1) is 39.8. The van der Waals surface area contributed by atoms with E-state index in [0.29, 0.717) is 25.1 Å². The number of ether oxygens (including phenoxy) is 4. The number of benzene rings is 1. The van der Waals surface area contributed by atoms with Crippen LogP contribution >= 0.6 is 0 Å². The molecule has 23 nitrogen and oxygen atoms in total. The van der Waals surface area contributed by atoms with Crippen LogP contribution in [0.2, 0.25) is 0 Å². The van der Waals surface area contributed by atoms with Crippen molar-refractivity contribution in [2.45, 2.75) is 123 Å². The fourth-order valence-corrected chi connectivity index (χ4v) is 12.2. The number of esters is 1. The molecule has 1 unspecified atom stereocenters. The molecule has 5 bridgehead atoms. The molecular weight excluding hydrogens is 1090 g/mol. The summed E-state index contributed by atoms with van der Waals surface area (Å²) in [5, 5.41) is 55.1. The maximum atomic E-state index is 16.0. The predicted molar refractivity (Wildman–Crippen MR) is 302 cm³/mol. The number of nitrogens with one attached hydrogen (secondary N) is 2. The number of phenols is 1. The zero-order valence-corrected chi connectivity index (χ0v) is 48.6. The largest absolute Gasteiger partial charge is 0.507 e. The van der Waals surface area contributed by atoms with Gasteiger partial charge in [-0.05, 0) is 51.7 Å². The summed E-state index contributed by atoms with van der Waals surface area (Å²) in [6.45, 7) is 13.3. The Labute approximate surface area is 483 Å². The Morgan fingerprint density at radius 1 is 0.940 bits per heavy atom. The monoisotopic (exact) mass is 1170 g/mol. The van der Waals surface area contributed by atoms with Crippen LogP contribution in [0.3, 0.4) is 0 Å². The van der Waals surface area contributed by atoms with E-state index in [1.807, 2.05) is 0 Å². The summed E-state index contributed by atoms with van der Waals surface area (Å²) in [7, 11) is 2.81. The van der Waals surface area contributed by atoms with Gasteiger partial charge < -0.3 is 69.2 Å². The number of hydrogen-bond acceptors (Lipinski definition) is 20. The molecule has 7 aliphatic rings. The van der Waals surface area contributed by atoms with Gasteiger partial charge in [0.05, 0.1) is 58.9 Å². The number of rotatable bonds is 10. The summed E-state index contributed by atoms with van der Waals surface area (Å²) in [6.07, 6.45) is 6.68. The Kier molecular flexibility index (Phi) is 17.4. The molecular formula is C60H72FN7O16. The van der Waals surface area contributed by atoms with Gasteiger partial charge in [-0.2, -0.15) is 0 Å². The van der Waals surface area contributed by atoms with E-state index in [-0.39, 0.29) is 89.2 Å². The number of nitrogens with zero attached hydrogens (tertiary/aromatic N) is 5. The second-order valence-corrected chi connectivity index (χ2v) is 23.0. The number of carboxylic acids is 1. The van der Waals surface area contributed by atoms with Crippen molar-refractivity contribution < 1.29 is 77.4 Å². The third-order valence-corrected chi connectivity index (χ3v) is 17.3. The minimum Gasteiger partial charge on any atom is -0.507 e. The smallest absolute Gasteiger partial charge is 0.341 e. The number of aromatic nitrogens is 2. The Hall–Kier alpha value is -7.80. The molecule has 2 aliphatic carbocycles. The van der Waals surface area contributed by atoms with E-state index >= 15 is 14.0 Å². The molecule has 24 heteroatoms. The van der Waals surface area contributed by atoms with E-state index in [0.717, 1.165) is 25.2 Å². The number of fused-ring (bicyclic) bond motifs is 15. The molecule has 0 radical (unpaired) electrons. The average Bonchev–Trinajstić information content (AvgIpc) is 1.41. The van der Waals surface area contributed by atoms with Crippen molar-refractivity contribution in [3.8, 4) is 11.5 Å². The molecule has 1 amide bonds. The minimum absolute atomic E-state index is 0.0365. The number of carbonyl (C=O) groups excluding carboxylic acids is 5. The lowest BCUT2D eigenvalue weighted by molar-refractivity contribution is -0.160. The number of carboxylic acid groups (broad SMARTS) is 1. The highest BCUT2D eigenvalue weighted by Gasteiger charge is 2.53. The van der Waals surface area contributed by atoms with Gasteiger partial charge in [0.2, 0.25) is 17.0 Å². The van der Waals surface area contributed by atoms with E-state index in [1.54, 1.807) is 54.2 Å². The summed E-state index contributed by atoms with van der Waals surface area (Å²) in [4.78, 5) is 110. The van der Waals surface area contributed by atoms with E-state index in [4.69, 9.17) is 23.8 Å². The molecule has 7 heterocycles. The highest BCUT2D eigenvalue weighted by molar-refractivity contribution is 6.32. The van der Waals surface area contributed by atoms with Gasteiger partial charge in [0.1, 0.15) is 47.3 Å². The van der Waals surface area contributed by atoms with Gasteiger partial charge in [0.15, 0.2) is 11.6 Å². The molecule has 1 saturated carbocycles. The summed E-state index contributed by atoms with van der Waals surface area (Å²) >= 11 is 0. The Morgan fingerprint density at radius 3 is 2.29 bits per heavy atom. The first-order valence-electron chi connectivity index (χ1n) is 28.2. The molecule has 6 N–H and O–H groups in total. The van der Waals surface area contributed by atoms with E-state index in [9.17, 15) is 44.4 Å². The molecule has 2 saturated heterocycles. The van der Waals surface area contributed by atoms with Crippen LogP contribution in [0.5, 0.6) is 11.5 Å². The summed E-state index contributed by atoms with van der Waals surface area (Å²) in [6, 6.07) is 0.770. The summed E-state index contributed by atoms with van der Waals surface area (Å²) in [5.74, 6) is -12.4. The zero-order chi connectivity index (χ0) is 61.0. The number of piperidine rings is 1. The van der Waals surface area contributed by atoms with Crippen molar-refractivity contribution >= 4 is 57.8 Å². The van der Waals surface area contributed by atoms with Crippen LogP contribution < -0.4 is 25.7 Å². The molecule has 450 valence electrons. The Bertz CT molecular complexity index is 3430. The van der Waals surface area contributed by atoms with Crippen LogP contribution in [0.1, 0.15) is 127 Å². The number of aliphatic hydroxyl groups is 2. The average molecular weight is 1170 g/mol. The number of aliphatic hydroxyl groups excluding tert-OH is 2. The number of allylic oxidation sites excluding steroid dienone is 4. The Balaban J connectivity index is 1.01. The highest BCUT2D eigenvalue weighted by Crippen LogP contribution is 2.49. The molecule has 10 atom stereocenters. The van der Waals surface area contributed by atoms with Crippen LogP contribution in [0.15, 0.2) is 69.7 Å². The van der Waals surface area contributed by atoms with Gasteiger partial charge in [-0.1, -0.05) is 51.1 Å². The maximum absolute atomic E-state index is 16.0. The number of Topliss-reactive ketones (excluding diaryl/α,β-unsaturated/α-hetero) is 3. The van der Waals surface area contributed by atoms with Crippen LogP contribution in [0.4, 0.5) is 10.2 Å². The van der Waals surface area contributed by atoms with Gasteiger partial charge in [-0.25, -0.2) is 14.2 Å². The van der Waals surface area contributed by atoms with E-state index in [1.165, 1.54) is 60.3 Å². The summed E-state index contributed by atoms with van der Waals surface area (Å²) < 4.78 is 41.5. The van der Waals surface area contributed by atoms with Gasteiger partial charge in [-0.15, -0.1) is 0 Å². The van der Waals surface area contributed by atoms with Gasteiger partial charge in [-0.3, -0.25) is 28.8 Å². The molecule has 3 fully saturated rings. The number of anilines is 1.